The third-order valence-electron chi connectivity index (χ3n) is 6.15. The molecule has 2 aromatic rings. The number of nitrogens with zero attached hydrogens (tertiary/aromatic N) is 3. The number of likely N-dealkylation sites (tertiary alicyclic amines) is 1. The number of aliphatic carboxylic acids is 1. The van der Waals surface area contributed by atoms with Gasteiger partial charge in [-0.3, -0.25) is 9.59 Å². The van der Waals surface area contributed by atoms with Gasteiger partial charge in [0.1, 0.15) is 5.82 Å². The highest BCUT2D eigenvalue weighted by Crippen LogP contribution is 2.38. The van der Waals surface area contributed by atoms with E-state index in [1.165, 1.54) is 0 Å². The minimum Gasteiger partial charge on any atom is -0.481 e. The first-order valence-corrected chi connectivity index (χ1v) is 9.95. The Morgan fingerprint density at radius 1 is 1.15 bits per heavy atom. The number of carbonyl (C=O) groups is 2. The number of carboxylic acids is 1. The van der Waals surface area contributed by atoms with Gasteiger partial charge in [-0.05, 0) is 51.7 Å². The fraction of sp³-hybridized carbons (Fsp3) is 0.571. The zero-order chi connectivity index (χ0) is 19.1. The average molecular weight is 369 g/mol. The Kier molecular flexibility index (Phi) is 4.66. The molecule has 1 aromatic heterocycles. The third kappa shape index (κ3) is 3.11. The molecule has 0 spiro atoms. The lowest BCUT2D eigenvalue weighted by molar-refractivity contribution is -0.157. The van der Waals surface area contributed by atoms with Crippen LogP contribution in [0.5, 0.6) is 0 Å². The number of para-hydroxylation sites is 2. The summed E-state index contributed by atoms with van der Waals surface area (Å²) in [5, 5.41) is 9.27. The zero-order valence-corrected chi connectivity index (χ0v) is 16.0. The Balaban J connectivity index is 1.59. The standard InChI is InChI=1S/C21H27N3O3/c1-13(2)24-18-8-4-3-7-17(18)22-19(24)14-6-5-11-23(12-14)20(25)15-9-10-16(15)21(26)27/h3-4,7-8,13-16H,5-6,9-12H2,1-2H3,(H,26,27). The zero-order valence-electron chi connectivity index (χ0n) is 16.0. The molecule has 3 atom stereocenters. The fourth-order valence-corrected chi connectivity index (χ4v) is 4.61. The highest BCUT2D eigenvalue weighted by Gasteiger charge is 2.44. The van der Waals surface area contributed by atoms with E-state index in [0.717, 1.165) is 36.2 Å². The molecule has 2 aliphatic rings. The summed E-state index contributed by atoms with van der Waals surface area (Å²) in [6.07, 6.45) is 3.25. The number of carbonyl (C=O) groups excluding carboxylic acids is 1. The smallest absolute Gasteiger partial charge is 0.307 e. The summed E-state index contributed by atoms with van der Waals surface area (Å²) in [5.41, 5.74) is 2.13. The number of carboxylic acid groups (broad SMARTS) is 1. The molecule has 2 heterocycles. The van der Waals surface area contributed by atoms with Gasteiger partial charge in [0.05, 0.1) is 22.9 Å². The van der Waals surface area contributed by atoms with E-state index in [2.05, 4.69) is 24.5 Å². The first-order valence-electron chi connectivity index (χ1n) is 9.95. The summed E-state index contributed by atoms with van der Waals surface area (Å²) in [6, 6.07) is 8.47. The van der Waals surface area contributed by atoms with Crippen LogP contribution in [0.15, 0.2) is 24.3 Å². The number of piperidine rings is 1. The number of imidazole rings is 1. The molecule has 6 heteroatoms. The predicted octanol–water partition coefficient (Wildman–Crippen LogP) is 3.43. The predicted molar refractivity (Wildman–Crippen MR) is 103 cm³/mol. The van der Waals surface area contributed by atoms with E-state index in [1.807, 2.05) is 23.1 Å². The number of benzene rings is 1. The van der Waals surface area contributed by atoms with Crippen molar-refractivity contribution < 1.29 is 14.7 Å². The summed E-state index contributed by atoms with van der Waals surface area (Å²) in [7, 11) is 0. The molecule has 1 aliphatic carbocycles. The molecule has 1 aromatic carbocycles. The second kappa shape index (κ2) is 6.98. The van der Waals surface area contributed by atoms with Crippen LogP contribution >= 0.6 is 0 Å². The molecular formula is C21H27N3O3. The molecule has 1 amide bonds. The topological polar surface area (TPSA) is 75.4 Å². The molecule has 0 radical (unpaired) electrons. The van der Waals surface area contributed by atoms with Crippen LogP contribution in [0, 0.1) is 11.8 Å². The van der Waals surface area contributed by atoms with E-state index < -0.39 is 11.9 Å². The molecule has 1 aliphatic heterocycles. The van der Waals surface area contributed by atoms with Crippen molar-refractivity contribution in [3.8, 4) is 0 Å². The molecule has 4 rings (SSSR count). The molecule has 1 saturated carbocycles. The van der Waals surface area contributed by atoms with Crippen molar-refractivity contribution in [2.45, 2.75) is 51.5 Å². The van der Waals surface area contributed by atoms with Gasteiger partial charge in [0, 0.05) is 25.0 Å². The van der Waals surface area contributed by atoms with Crippen molar-refractivity contribution in [1.29, 1.82) is 0 Å². The van der Waals surface area contributed by atoms with E-state index in [1.54, 1.807) is 0 Å². The summed E-state index contributed by atoms with van der Waals surface area (Å²) in [4.78, 5) is 31.0. The molecule has 2 fully saturated rings. The number of amides is 1. The second-order valence-corrected chi connectivity index (χ2v) is 8.17. The Hall–Kier alpha value is -2.37. The molecule has 27 heavy (non-hydrogen) atoms. The molecule has 3 unspecified atom stereocenters. The van der Waals surface area contributed by atoms with Crippen molar-refractivity contribution in [3.63, 3.8) is 0 Å². The van der Waals surface area contributed by atoms with E-state index >= 15 is 0 Å². The van der Waals surface area contributed by atoms with Gasteiger partial charge < -0.3 is 14.6 Å². The van der Waals surface area contributed by atoms with Gasteiger partial charge in [0.25, 0.3) is 0 Å². The number of fused-ring (bicyclic) bond motifs is 1. The number of rotatable bonds is 4. The van der Waals surface area contributed by atoms with Gasteiger partial charge in [-0.1, -0.05) is 12.1 Å². The number of hydrogen-bond acceptors (Lipinski definition) is 3. The van der Waals surface area contributed by atoms with E-state index in [4.69, 9.17) is 4.98 Å². The number of aromatic nitrogens is 2. The van der Waals surface area contributed by atoms with Gasteiger partial charge in [0.15, 0.2) is 0 Å². The lowest BCUT2D eigenvalue weighted by Gasteiger charge is -2.39. The first kappa shape index (κ1) is 18.0. The van der Waals surface area contributed by atoms with Gasteiger partial charge in [-0.25, -0.2) is 4.98 Å². The summed E-state index contributed by atoms with van der Waals surface area (Å²) in [5.74, 6) is -0.420. The van der Waals surface area contributed by atoms with Crippen LogP contribution in [0.2, 0.25) is 0 Å². The minimum absolute atomic E-state index is 0.0190. The normalized spacial score (nSPS) is 25.6. The minimum atomic E-state index is -0.838. The maximum Gasteiger partial charge on any atom is 0.307 e. The van der Waals surface area contributed by atoms with Crippen LogP contribution in [0.1, 0.15) is 57.3 Å². The largest absolute Gasteiger partial charge is 0.481 e. The Labute approximate surface area is 159 Å². The quantitative estimate of drug-likeness (QED) is 0.896. The highest BCUT2D eigenvalue weighted by molar-refractivity contribution is 5.86. The summed E-state index contributed by atoms with van der Waals surface area (Å²) < 4.78 is 2.29. The number of hydrogen-bond donors (Lipinski definition) is 1. The summed E-state index contributed by atoms with van der Waals surface area (Å²) >= 11 is 0. The Bertz CT molecular complexity index is 873. The lowest BCUT2D eigenvalue weighted by atomic mass is 9.72. The maximum absolute atomic E-state index is 12.9. The molecular weight excluding hydrogens is 342 g/mol. The van der Waals surface area contributed by atoms with Crippen molar-refractivity contribution in [2.24, 2.45) is 11.8 Å². The average Bonchev–Trinajstić information content (AvgIpc) is 3.00. The van der Waals surface area contributed by atoms with Crippen LogP contribution in [-0.4, -0.2) is 44.5 Å². The van der Waals surface area contributed by atoms with Gasteiger partial charge in [-0.2, -0.15) is 0 Å². The highest BCUT2D eigenvalue weighted by atomic mass is 16.4. The van der Waals surface area contributed by atoms with Crippen molar-refractivity contribution in [2.75, 3.05) is 13.1 Å². The molecule has 144 valence electrons. The lowest BCUT2D eigenvalue weighted by Crippen LogP contribution is -2.49. The van der Waals surface area contributed by atoms with Crippen molar-refractivity contribution >= 4 is 22.9 Å². The first-order chi connectivity index (χ1) is 13.0. The molecule has 1 N–H and O–H groups in total. The SMILES string of the molecule is CC(C)n1c(C2CCCN(C(=O)C3CCC3C(=O)O)C2)nc2ccccc21. The van der Waals surface area contributed by atoms with Crippen molar-refractivity contribution in [3.05, 3.63) is 30.1 Å². The second-order valence-electron chi connectivity index (χ2n) is 8.17. The molecule has 1 saturated heterocycles. The van der Waals surface area contributed by atoms with Crippen molar-refractivity contribution in [1.82, 2.24) is 14.5 Å². The van der Waals surface area contributed by atoms with Crippen LogP contribution in [0.25, 0.3) is 11.0 Å². The Morgan fingerprint density at radius 3 is 2.56 bits per heavy atom. The maximum atomic E-state index is 12.9. The van der Waals surface area contributed by atoms with Gasteiger partial charge in [-0.15, -0.1) is 0 Å². The van der Waals surface area contributed by atoms with Crippen LogP contribution in [-0.2, 0) is 9.59 Å². The van der Waals surface area contributed by atoms with Crippen LogP contribution in [0.4, 0.5) is 0 Å². The fourth-order valence-electron chi connectivity index (χ4n) is 4.61. The summed E-state index contributed by atoms with van der Waals surface area (Å²) in [6.45, 7) is 5.68. The van der Waals surface area contributed by atoms with Crippen LogP contribution < -0.4 is 0 Å². The van der Waals surface area contributed by atoms with Gasteiger partial charge >= 0.3 is 5.97 Å². The monoisotopic (exact) mass is 369 g/mol. The molecule has 0 bridgehead atoms. The van der Waals surface area contributed by atoms with E-state index in [0.29, 0.717) is 25.4 Å². The van der Waals surface area contributed by atoms with E-state index in [9.17, 15) is 14.7 Å². The van der Waals surface area contributed by atoms with Crippen LogP contribution in [0.3, 0.4) is 0 Å². The third-order valence-corrected chi connectivity index (χ3v) is 6.15. The van der Waals surface area contributed by atoms with Gasteiger partial charge in [0.2, 0.25) is 5.91 Å². The molecule has 6 nitrogen and oxygen atoms in total. The Morgan fingerprint density at radius 2 is 1.89 bits per heavy atom. The van der Waals surface area contributed by atoms with E-state index in [-0.39, 0.29) is 17.7 Å².